The Morgan fingerprint density at radius 1 is 1.05 bits per heavy atom. The fourth-order valence-corrected chi connectivity index (χ4v) is 2.30. The van der Waals surface area contributed by atoms with Gasteiger partial charge in [-0.1, -0.05) is 29.8 Å². The molecule has 4 heteroatoms. The quantitative estimate of drug-likeness (QED) is 0.692. The van der Waals surface area contributed by atoms with Gasteiger partial charge in [0, 0.05) is 23.6 Å². The second-order valence-corrected chi connectivity index (χ2v) is 5.03. The summed E-state index contributed by atoms with van der Waals surface area (Å²) in [6, 6.07) is 15.5. The first kappa shape index (κ1) is 14.1. The van der Waals surface area contributed by atoms with Gasteiger partial charge in [-0.2, -0.15) is 0 Å². The van der Waals surface area contributed by atoms with Crippen LogP contribution in [0, 0.1) is 6.92 Å². The molecule has 2 aromatic carbocycles. The zero-order chi connectivity index (χ0) is 15.5. The van der Waals surface area contributed by atoms with E-state index >= 15 is 0 Å². The number of ether oxygens (including phenoxy) is 1. The lowest BCUT2D eigenvalue weighted by molar-refractivity contribution is 0.0601. The number of hydrogen-bond acceptors (Lipinski definition) is 3. The van der Waals surface area contributed by atoms with Crippen LogP contribution in [0.3, 0.4) is 0 Å². The molecule has 110 valence electrons. The minimum atomic E-state index is -0.337. The molecule has 4 nitrogen and oxygen atoms in total. The molecule has 0 saturated heterocycles. The summed E-state index contributed by atoms with van der Waals surface area (Å²) >= 11 is 0. The lowest BCUT2D eigenvalue weighted by Crippen LogP contribution is -2.02. The standard InChI is InChI=1S/C18H16N2O2/c1-13-3-5-14(6-4-13)17-19-11-12-20(17)16-9-7-15(8-10-16)18(21)22-2/h3-12H,1-2H3. The van der Waals surface area contributed by atoms with Gasteiger partial charge < -0.3 is 4.74 Å². The van der Waals surface area contributed by atoms with Crippen molar-refractivity contribution in [3.63, 3.8) is 0 Å². The second-order valence-electron chi connectivity index (χ2n) is 5.03. The fourth-order valence-electron chi connectivity index (χ4n) is 2.30. The number of esters is 1. The minimum absolute atomic E-state index is 0.337. The molecule has 0 aliphatic heterocycles. The van der Waals surface area contributed by atoms with Crippen LogP contribution < -0.4 is 0 Å². The van der Waals surface area contributed by atoms with Crippen molar-refractivity contribution in [1.29, 1.82) is 0 Å². The van der Waals surface area contributed by atoms with Crippen molar-refractivity contribution in [2.75, 3.05) is 7.11 Å². The van der Waals surface area contributed by atoms with Gasteiger partial charge in [-0.05, 0) is 31.2 Å². The number of nitrogens with zero attached hydrogens (tertiary/aromatic N) is 2. The predicted octanol–water partition coefficient (Wildman–Crippen LogP) is 3.63. The molecule has 0 radical (unpaired) electrons. The summed E-state index contributed by atoms with van der Waals surface area (Å²) in [4.78, 5) is 15.9. The maximum atomic E-state index is 11.5. The van der Waals surface area contributed by atoms with E-state index in [1.54, 1.807) is 18.3 Å². The van der Waals surface area contributed by atoms with Gasteiger partial charge in [0.2, 0.25) is 0 Å². The molecule has 0 atom stereocenters. The molecule has 1 aromatic heterocycles. The monoisotopic (exact) mass is 292 g/mol. The Kier molecular flexibility index (Phi) is 3.74. The van der Waals surface area contributed by atoms with Gasteiger partial charge in [0.1, 0.15) is 5.82 Å². The van der Waals surface area contributed by atoms with Crippen molar-refractivity contribution in [1.82, 2.24) is 9.55 Å². The van der Waals surface area contributed by atoms with Gasteiger partial charge >= 0.3 is 5.97 Å². The van der Waals surface area contributed by atoms with E-state index in [0.717, 1.165) is 17.1 Å². The van der Waals surface area contributed by atoms with Gasteiger partial charge in [-0.25, -0.2) is 9.78 Å². The van der Waals surface area contributed by atoms with Crippen molar-refractivity contribution in [3.8, 4) is 17.1 Å². The number of methoxy groups -OCH3 is 1. The van der Waals surface area contributed by atoms with Crippen molar-refractivity contribution < 1.29 is 9.53 Å². The molecule has 0 aliphatic rings. The predicted molar refractivity (Wildman–Crippen MR) is 85.1 cm³/mol. The number of imidazole rings is 1. The van der Waals surface area contributed by atoms with Gasteiger partial charge in [0.25, 0.3) is 0 Å². The van der Waals surface area contributed by atoms with Gasteiger partial charge in [0.05, 0.1) is 12.7 Å². The highest BCUT2D eigenvalue weighted by Gasteiger charge is 2.09. The van der Waals surface area contributed by atoms with Crippen LogP contribution in [0.1, 0.15) is 15.9 Å². The summed E-state index contributed by atoms with van der Waals surface area (Å²) in [5.74, 6) is 0.529. The van der Waals surface area contributed by atoms with Crippen LogP contribution >= 0.6 is 0 Å². The third-order valence-corrected chi connectivity index (χ3v) is 3.52. The molecule has 0 N–H and O–H groups in total. The maximum absolute atomic E-state index is 11.5. The zero-order valence-electron chi connectivity index (χ0n) is 12.5. The Balaban J connectivity index is 1.98. The van der Waals surface area contributed by atoms with Crippen LogP contribution in [-0.4, -0.2) is 22.6 Å². The molecule has 22 heavy (non-hydrogen) atoms. The Morgan fingerprint density at radius 3 is 2.36 bits per heavy atom. The lowest BCUT2D eigenvalue weighted by Gasteiger charge is -2.09. The topological polar surface area (TPSA) is 44.1 Å². The van der Waals surface area contributed by atoms with Crippen LogP contribution in [0.15, 0.2) is 60.9 Å². The molecular formula is C18H16N2O2. The highest BCUT2D eigenvalue weighted by atomic mass is 16.5. The molecule has 0 saturated carbocycles. The molecule has 0 amide bonds. The molecule has 0 spiro atoms. The van der Waals surface area contributed by atoms with Crippen LogP contribution in [0.25, 0.3) is 17.1 Å². The van der Waals surface area contributed by atoms with Gasteiger partial charge in [-0.15, -0.1) is 0 Å². The van der Waals surface area contributed by atoms with Crippen LogP contribution in [0.2, 0.25) is 0 Å². The SMILES string of the molecule is COC(=O)c1ccc(-n2ccnc2-c2ccc(C)cc2)cc1. The number of aryl methyl sites for hydroxylation is 1. The number of carbonyl (C=O) groups excluding carboxylic acids is 1. The van der Waals surface area contributed by atoms with Crippen molar-refractivity contribution in [3.05, 3.63) is 72.1 Å². The fraction of sp³-hybridized carbons (Fsp3) is 0.111. The number of carbonyl (C=O) groups is 1. The van der Waals surface area contributed by atoms with Crippen molar-refractivity contribution in [2.45, 2.75) is 6.92 Å². The molecular weight excluding hydrogens is 276 g/mol. The third kappa shape index (κ3) is 2.63. The van der Waals surface area contributed by atoms with Crippen molar-refractivity contribution >= 4 is 5.97 Å². The number of hydrogen-bond donors (Lipinski definition) is 0. The molecule has 0 unspecified atom stereocenters. The first-order valence-corrected chi connectivity index (χ1v) is 6.98. The lowest BCUT2D eigenvalue weighted by atomic mass is 10.1. The summed E-state index contributed by atoms with van der Waals surface area (Å²) in [5.41, 5.74) is 3.74. The smallest absolute Gasteiger partial charge is 0.337 e. The van der Waals surface area contributed by atoms with E-state index in [4.69, 9.17) is 4.74 Å². The first-order chi connectivity index (χ1) is 10.7. The van der Waals surface area contributed by atoms with E-state index < -0.39 is 0 Å². The maximum Gasteiger partial charge on any atom is 0.337 e. The molecule has 3 rings (SSSR count). The third-order valence-electron chi connectivity index (χ3n) is 3.52. The normalized spacial score (nSPS) is 10.5. The highest BCUT2D eigenvalue weighted by Crippen LogP contribution is 2.22. The largest absolute Gasteiger partial charge is 0.465 e. The summed E-state index contributed by atoms with van der Waals surface area (Å²) in [7, 11) is 1.38. The van der Waals surface area contributed by atoms with Gasteiger partial charge in [-0.3, -0.25) is 4.57 Å². The summed E-state index contributed by atoms with van der Waals surface area (Å²) in [5, 5.41) is 0. The number of benzene rings is 2. The van der Waals surface area contributed by atoms with E-state index in [0.29, 0.717) is 5.56 Å². The van der Waals surface area contributed by atoms with Gasteiger partial charge in [0.15, 0.2) is 0 Å². The first-order valence-electron chi connectivity index (χ1n) is 6.98. The second kappa shape index (κ2) is 5.85. The highest BCUT2D eigenvalue weighted by molar-refractivity contribution is 5.89. The molecule has 0 fully saturated rings. The zero-order valence-corrected chi connectivity index (χ0v) is 12.5. The van der Waals surface area contributed by atoms with E-state index in [2.05, 4.69) is 36.2 Å². The van der Waals surface area contributed by atoms with E-state index in [9.17, 15) is 4.79 Å². The number of aromatic nitrogens is 2. The summed E-state index contributed by atoms with van der Waals surface area (Å²) in [6.45, 7) is 2.06. The Hall–Kier alpha value is -2.88. The summed E-state index contributed by atoms with van der Waals surface area (Å²) < 4.78 is 6.70. The Labute approximate surface area is 129 Å². The van der Waals surface area contributed by atoms with Crippen LogP contribution in [-0.2, 0) is 4.74 Å². The van der Waals surface area contributed by atoms with Crippen LogP contribution in [0.4, 0.5) is 0 Å². The minimum Gasteiger partial charge on any atom is -0.465 e. The van der Waals surface area contributed by atoms with E-state index in [1.807, 2.05) is 22.9 Å². The van der Waals surface area contributed by atoms with E-state index in [1.165, 1.54) is 12.7 Å². The Bertz CT molecular complexity index is 787. The summed E-state index contributed by atoms with van der Waals surface area (Å²) in [6.07, 6.45) is 3.67. The molecule has 0 bridgehead atoms. The molecule has 1 heterocycles. The Morgan fingerprint density at radius 2 is 1.73 bits per heavy atom. The molecule has 0 aliphatic carbocycles. The average Bonchev–Trinajstić information content (AvgIpc) is 3.04. The molecule has 3 aromatic rings. The van der Waals surface area contributed by atoms with E-state index in [-0.39, 0.29) is 5.97 Å². The van der Waals surface area contributed by atoms with Crippen molar-refractivity contribution in [2.24, 2.45) is 0 Å². The average molecular weight is 292 g/mol. The number of rotatable bonds is 3. The van der Waals surface area contributed by atoms with Crippen LogP contribution in [0.5, 0.6) is 0 Å².